The fourth-order valence-corrected chi connectivity index (χ4v) is 4.39. The lowest BCUT2D eigenvalue weighted by atomic mass is 9.95. The summed E-state index contributed by atoms with van der Waals surface area (Å²) in [6, 6.07) is 13.3. The van der Waals surface area contributed by atoms with Gasteiger partial charge in [0.05, 0.1) is 19.0 Å². The highest BCUT2D eigenvalue weighted by molar-refractivity contribution is 7.94. The summed E-state index contributed by atoms with van der Waals surface area (Å²) in [4.78, 5) is 13.4. The molecular formula is C24H32O11S2. The first-order chi connectivity index (χ1) is 17.8. The number of rotatable bonds is 19. The second kappa shape index (κ2) is 15.9. The molecule has 0 aromatic heterocycles. The molecule has 206 valence electrons. The fraction of sp³-hybridized carbons (Fsp3) is 0.458. The monoisotopic (exact) mass is 560 g/mol. The van der Waals surface area contributed by atoms with Crippen LogP contribution in [0.15, 0.2) is 48.5 Å². The summed E-state index contributed by atoms with van der Waals surface area (Å²) < 4.78 is 57.0. The number of Topliss-reactive ketones (excluding diaryl/α,β-unsaturated/α-hetero) is 1. The van der Waals surface area contributed by atoms with Gasteiger partial charge in [0, 0.05) is 43.1 Å². The molecule has 0 heterocycles. The van der Waals surface area contributed by atoms with Crippen molar-refractivity contribution < 1.29 is 51.3 Å². The lowest BCUT2D eigenvalue weighted by Crippen LogP contribution is -2.40. The molecule has 2 aromatic carbocycles. The van der Waals surface area contributed by atoms with E-state index in [1.54, 1.807) is 48.5 Å². The molecule has 2 rings (SSSR count). The number of carbonyl (C=O) groups is 1. The molecule has 0 fully saturated rings. The van der Waals surface area contributed by atoms with Crippen molar-refractivity contribution in [3.63, 3.8) is 0 Å². The van der Waals surface area contributed by atoms with Crippen LogP contribution in [0.2, 0.25) is 0 Å². The molecule has 0 aliphatic rings. The van der Waals surface area contributed by atoms with E-state index in [4.69, 9.17) is 28.8 Å². The van der Waals surface area contributed by atoms with Gasteiger partial charge >= 0.3 is 0 Å². The van der Waals surface area contributed by atoms with Gasteiger partial charge in [-0.2, -0.15) is 8.42 Å². The topological polar surface area (TPSA) is 147 Å². The minimum atomic E-state index is -3.98. The maximum absolute atomic E-state index is 13.4. The summed E-state index contributed by atoms with van der Waals surface area (Å²) in [5.74, 6) is -0.611. The van der Waals surface area contributed by atoms with E-state index in [0.717, 1.165) is 24.9 Å². The Labute approximate surface area is 220 Å². The Balaban J connectivity index is 1.95. The number of ketones is 1. The average Bonchev–Trinajstić information content (AvgIpc) is 2.89. The van der Waals surface area contributed by atoms with Crippen molar-refractivity contribution in [1.29, 1.82) is 0 Å². The van der Waals surface area contributed by atoms with Gasteiger partial charge in [-0.15, -0.1) is 4.33 Å². The SMILES string of the molecule is COC(OC)(C(=O)c1ccc(OCCCCSOOO)cc1)c1ccc(OCCCCS(=O)(=O)O)cc1. The van der Waals surface area contributed by atoms with E-state index in [9.17, 15) is 13.2 Å². The molecular weight excluding hydrogens is 528 g/mol. The maximum Gasteiger partial charge on any atom is 0.264 e. The van der Waals surface area contributed by atoms with Crippen molar-refractivity contribution in [1.82, 2.24) is 0 Å². The Bertz CT molecular complexity index is 1040. The van der Waals surface area contributed by atoms with Crippen LogP contribution in [0, 0.1) is 0 Å². The molecule has 37 heavy (non-hydrogen) atoms. The maximum atomic E-state index is 13.4. The minimum Gasteiger partial charge on any atom is -0.494 e. The molecule has 11 nitrogen and oxygen atoms in total. The second-order valence-corrected chi connectivity index (χ2v) is 10.1. The number of hydrogen-bond acceptors (Lipinski definition) is 11. The molecule has 2 aromatic rings. The zero-order valence-electron chi connectivity index (χ0n) is 20.7. The standard InChI is InChI=1S/C24H32O11S2/c1-30-24(31-2,20-9-13-22(14-10-20)33-16-4-6-18-37(27,28)29)23(25)19-7-11-21(12-8-19)32-15-3-5-17-36-35-34-26/h7-14,26H,3-6,15-18H2,1-2H3,(H,27,28,29). The van der Waals surface area contributed by atoms with Gasteiger partial charge in [-0.1, -0.05) is 5.04 Å². The van der Waals surface area contributed by atoms with E-state index in [1.165, 1.54) is 14.2 Å². The molecule has 0 unspecified atom stereocenters. The zero-order chi connectivity index (χ0) is 27.2. The number of methoxy groups -OCH3 is 2. The summed E-state index contributed by atoms with van der Waals surface area (Å²) in [5, 5.41) is 11.6. The van der Waals surface area contributed by atoms with E-state index in [1.807, 2.05) is 0 Å². The van der Waals surface area contributed by atoms with E-state index in [2.05, 4.69) is 9.37 Å². The van der Waals surface area contributed by atoms with Gasteiger partial charge in [0.1, 0.15) is 11.5 Å². The fourth-order valence-electron chi connectivity index (χ4n) is 3.38. The summed E-state index contributed by atoms with van der Waals surface area (Å²) in [6.45, 7) is 0.747. The van der Waals surface area contributed by atoms with Crippen LogP contribution in [0.5, 0.6) is 11.5 Å². The van der Waals surface area contributed by atoms with Crippen molar-refractivity contribution in [3.8, 4) is 11.5 Å². The van der Waals surface area contributed by atoms with E-state index >= 15 is 0 Å². The van der Waals surface area contributed by atoms with Crippen LogP contribution >= 0.6 is 12.0 Å². The van der Waals surface area contributed by atoms with Crippen LogP contribution in [0.1, 0.15) is 41.6 Å². The van der Waals surface area contributed by atoms with Gasteiger partial charge in [-0.25, -0.2) is 5.26 Å². The molecule has 0 saturated heterocycles. The number of hydrogen-bond donors (Lipinski definition) is 2. The second-order valence-electron chi connectivity index (χ2n) is 7.76. The van der Waals surface area contributed by atoms with Crippen LogP contribution < -0.4 is 9.47 Å². The van der Waals surface area contributed by atoms with Crippen molar-refractivity contribution in [2.24, 2.45) is 0 Å². The van der Waals surface area contributed by atoms with Crippen LogP contribution in [-0.4, -0.2) is 63.0 Å². The molecule has 0 aliphatic carbocycles. The molecule has 0 saturated carbocycles. The third-order valence-corrected chi connectivity index (χ3v) is 6.68. The Kier molecular flexibility index (Phi) is 13.3. The van der Waals surface area contributed by atoms with Gasteiger partial charge in [0.2, 0.25) is 5.78 Å². The van der Waals surface area contributed by atoms with Crippen LogP contribution in [0.3, 0.4) is 0 Å². The van der Waals surface area contributed by atoms with Gasteiger partial charge in [-0.3, -0.25) is 9.35 Å². The quantitative estimate of drug-likeness (QED) is 0.0480. The molecule has 0 bridgehead atoms. The third-order valence-electron chi connectivity index (χ3n) is 5.26. The molecule has 0 spiro atoms. The van der Waals surface area contributed by atoms with Crippen molar-refractivity contribution in [2.75, 3.05) is 38.9 Å². The summed E-state index contributed by atoms with van der Waals surface area (Å²) >= 11 is 0.994. The Hall–Kier alpha value is -2.23. The normalized spacial score (nSPS) is 11.9. The lowest BCUT2D eigenvalue weighted by molar-refractivity contribution is -0.432. The van der Waals surface area contributed by atoms with Crippen molar-refractivity contribution >= 4 is 27.9 Å². The molecule has 13 heteroatoms. The lowest BCUT2D eigenvalue weighted by Gasteiger charge is -2.30. The highest BCUT2D eigenvalue weighted by atomic mass is 32.2. The van der Waals surface area contributed by atoms with E-state index in [-0.39, 0.29) is 18.8 Å². The zero-order valence-corrected chi connectivity index (χ0v) is 22.3. The molecule has 0 atom stereocenters. The van der Waals surface area contributed by atoms with Gasteiger partial charge < -0.3 is 18.9 Å². The predicted octanol–water partition coefficient (Wildman–Crippen LogP) is 4.29. The van der Waals surface area contributed by atoms with Crippen molar-refractivity contribution in [3.05, 3.63) is 59.7 Å². The summed E-state index contributed by atoms with van der Waals surface area (Å²) in [5.41, 5.74) is 0.836. The molecule has 2 N–H and O–H groups in total. The largest absolute Gasteiger partial charge is 0.494 e. The minimum absolute atomic E-state index is 0.272. The Morgan fingerprint density at radius 1 is 0.865 bits per heavy atom. The van der Waals surface area contributed by atoms with E-state index < -0.39 is 21.7 Å². The first kappa shape index (κ1) is 31.0. The summed E-state index contributed by atoms with van der Waals surface area (Å²) in [6.07, 6.45) is 2.30. The van der Waals surface area contributed by atoms with Crippen LogP contribution in [0.25, 0.3) is 0 Å². The Morgan fingerprint density at radius 2 is 1.41 bits per heavy atom. The Morgan fingerprint density at radius 3 is 1.92 bits per heavy atom. The third kappa shape index (κ3) is 10.2. The van der Waals surface area contributed by atoms with Gasteiger partial charge in [-0.05, 0) is 74.2 Å². The predicted molar refractivity (Wildman–Crippen MR) is 136 cm³/mol. The van der Waals surface area contributed by atoms with Gasteiger partial charge in [0.25, 0.3) is 15.9 Å². The smallest absolute Gasteiger partial charge is 0.264 e. The number of ether oxygens (including phenoxy) is 4. The van der Waals surface area contributed by atoms with Crippen LogP contribution in [-0.2, 0) is 34.8 Å². The molecule has 0 amide bonds. The van der Waals surface area contributed by atoms with Gasteiger partial charge in [0.15, 0.2) is 0 Å². The number of benzene rings is 2. The molecule has 0 aliphatic heterocycles. The summed E-state index contributed by atoms with van der Waals surface area (Å²) in [7, 11) is -1.21. The first-order valence-corrected chi connectivity index (χ1v) is 13.9. The first-order valence-electron chi connectivity index (χ1n) is 11.4. The average molecular weight is 561 g/mol. The van der Waals surface area contributed by atoms with Crippen molar-refractivity contribution in [2.45, 2.75) is 31.5 Å². The highest BCUT2D eigenvalue weighted by Crippen LogP contribution is 2.32. The highest BCUT2D eigenvalue weighted by Gasteiger charge is 2.41. The number of carbonyl (C=O) groups excluding carboxylic acids is 1. The number of unbranched alkanes of at least 4 members (excludes halogenated alkanes) is 2. The van der Waals surface area contributed by atoms with E-state index in [0.29, 0.717) is 41.4 Å². The molecule has 0 radical (unpaired) electrons. The van der Waals surface area contributed by atoms with Crippen LogP contribution in [0.4, 0.5) is 0 Å².